The molecule has 0 amide bonds. The van der Waals surface area contributed by atoms with E-state index in [2.05, 4.69) is 77.0 Å². The van der Waals surface area contributed by atoms with E-state index >= 15 is 0 Å². The van der Waals surface area contributed by atoms with Crippen molar-refractivity contribution in [1.82, 2.24) is 0 Å². The van der Waals surface area contributed by atoms with E-state index in [1.54, 1.807) is 0 Å². The zero-order valence-corrected chi connectivity index (χ0v) is 16.5. The summed E-state index contributed by atoms with van der Waals surface area (Å²) in [5, 5.41) is 0. The Balaban J connectivity index is 2.53. The van der Waals surface area contributed by atoms with E-state index in [4.69, 9.17) is 4.43 Å². The summed E-state index contributed by atoms with van der Waals surface area (Å²) in [6.07, 6.45) is 3.44. The standard InChI is InChI=1S/C21H32OSi/c1-16(2)20-14-13-17(3)15-21(20,22-23(5,6)7)18(4)19-11-9-8-10-12-19/h8-12,17,20H,1,4,13-15H2,2-3,5-7H3/t17-,20+,21-/m0/s1. The van der Waals surface area contributed by atoms with Crippen LogP contribution in [0.5, 0.6) is 0 Å². The fourth-order valence-corrected chi connectivity index (χ4v) is 5.47. The summed E-state index contributed by atoms with van der Waals surface area (Å²) < 4.78 is 6.91. The van der Waals surface area contributed by atoms with Gasteiger partial charge >= 0.3 is 0 Å². The molecule has 0 aliphatic heterocycles. The molecule has 2 rings (SSSR count). The van der Waals surface area contributed by atoms with Crippen LogP contribution in [0.4, 0.5) is 0 Å². The summed E-state index contributed by atoms with van der Waals surface area (Å²) in [5.74, 6) is 1.01. The number of benzene rings is 1. The predicted molar refractivity (Wildman–Crippen MR) is 104 cm³/mol. The molecule has 0 N–H and O–H groups in total. The van der Waals surface area contributed by atoms with Crippen LogP contribution in [0.15, 0.2) is 49.1 Å². The molecule has 2 heteroatoms. The van der Waals surface area contributed by atoms with Crippen molar-refractivity contribution < 1.29 is 4.43 Å². The first-order valence-corrected chi connectivity index (χ1v) is 12.2. The van der Waals surface area contributed by atoms with Crippen LogP contribution in [0.1, 0.15) is 38.7 Å². The van der Waals surface area contributed by atoms with Crippen molar-refractivity contribution in [2.24, 2.45) is 11.8 Å². The molecule has 1 aliphatic rings. The lowest BCUT2D eigenvalue weighted by molar-refractivity contribution is 0.0191. The maximum absolute atomic E-state index is 6.91. The van der Waals surface area contributed by atoms with Crippen molar-refractivity contribution in [3.05, 3.63) is 54.6 Å². The first-order chi connectivity index (χ1) is 10.7. The van der Waals surface area contributed by atoms with Gasteiger partial charge in [-0.05, 0) is 62.9 Å². The first kappa shape index (κ1) is 18.2. The van der Waals surface area contributed by atoms with E-state index in [0.717, 1.165) is 18.4 Å². The van der Waals surface area contributed by atoms with Crippen LogP contribution in [0.2, 0.25) is 19.6 Å². The fourth-order valence-electron chi connectivity index (χ4n) is 4.03. The lowest BCUT2D eigenvalue weighted by Gasteiger charge is -2.51. The van der Waals surface area contributed by atoms with Crippen LogP contribution < -0.4 is 0 Å². The Labute approximate surface area is 143 Å². The van der Waals surface area contributed by atoms with Gasteiger partial charge in [0, 0.05) is 5.92 Å². The second kappa shape index (κ2) is 6.78. The Morgan fingerprint density at radius 2 is 1.74 bits per heavy atom. The molecule has 1 aliphatic carbocycles. The Hall–Kier alpha value is -1.12. The highest BCUT2D eigenvalue weighted by molar-refractivity contribution is 6.69. The molecule has 0 heterocycles. The van der Waals surface area contributed by atoms with E-state index in [9.17, 15) is 0 Å². The smallest absolute Gasteiger partial charge is 0.185 e. The first-order valence-electron chi connectivity index (χ1n) is 8.76. The Morgan fingerprint density at radius 3 is 2.26 bits per heavy atom. The summed E-state index contributed by atoms with van der Waals surface area (Å²) in [6.45, 7) is 20.2. The zero-order valence-electron chi connectivity index (χ0n) is 15.5. The normalized spacial score (nSPS) is 28.4. The van der Waals surface area contributed by atoms with E-state index in [1.807, 2.05) is 0 Å². The molecular formula is C21H32OSi. The van der Waals surface area contributed by atoms with Gasteiger partial charge in [-0.3, -0.25) is 0 Å². The molecule has 0 spiro atoms. The lowest BCUT2D eigenvalue weighted by Crippen LogP contribution is -2.52. The third kappa shape index (κ3) is 4.05. The summed E-state index contributed by atoms with van der Waals surface area (Å²) in [6, 6.07) is 10.6. The van der Waals surface area contributed by atoms with Gasteiger partial charge in [0.05, 0.1) is 5.60 Å². The third-order valence-corrected chi connectivity index (χ3v) is 5.86. The minimum absolute atomic E-state index is 0.296. The van der Waals surface area contributed by atoms with Crippen LogP contribution in [0.25, 0.3) is 5.57 Å². The van der Waals surface area contributed by atoms with E-state index in [-0.39, 0.29) is 5.60 Å². The molecule has 0 aromatic heterocycles. The molecule has 0 unspecified atom stereocenters. The fraction of sp³-hybridized carbons (Fsp3) is 0.524. The average Bonchev–Trinajstić information content (AvgIpc) is 2.45. The second-order valence-corrected chi connectivity index (χ2v) is 12.7. The van der Waals surface area contributed by atoms with Crippen molar-refractivity contribution in [2.75, 3.05) is 0 Å². The molecule has 23 heavy (non-hydrogen) atoms. The molecular weight excluding hydrogens is 296 g/mol. The molecule has 0 radical (unpaired) electrons. The quantitative estimate of drug-likeness (QED) is 0.455. The van der Waals surface area contributed by atoms with Crippen molar-refractivity contribution in [2.45, 2.75) is 58.4 Å². The summed E-state index contributed by atoms with van der Waals surface area (Å²) in [5.41, 5.74) is 3.27. The van der Waals surface area contributed by atoms with Gasteiger partial charge in [-0.1, -0.05) is 56.0 Å². The van der Waals surface area contributed by atoms with Gasteiger partial charge in [0.25, 0.3) is 0 Å². The largest absolute Gasteiger partial charge is 0.408 e. The van der Waals surface area contributed by atoms with Gasteiger partial charge in [0.1, 0.15) is 0 Å². The Morgan fingerprint density at radius 1 is 1.13 bits per heavy atom. The van der Waals surface area contributed by atoms with Gasteiger partial charge in [0.15, 0.2) is 8.32 Å². The maximum Gasteiger partial charge on any atom is 0.185 e. The summed E-state index contributed by atoms with van der Waals surface area (Å²) in [4.78, 5) is 0. The number of hydrogen-bond acceptors (Lipinski definition) is 1. The monoisotopic (exact) mass is 328 g/mol. The minimum Gasteiger partial charge on any atom is -0.408 e. The summed E-state index contributed by atoms with van der Waals surface area (Å²) in [7, 11) is -1.73. The zero-order chi connectivity index (χ0) is 17.3. The third-order valence-electron chi connectivity index (χ3n) is 4.88. The maximum atomic E-state index is 6.91. The average molecular weight is 329 g/mol. The highest BCUT2D eigenvalue weighted by Gasteiger charge is 2.48. The molecule has 126 valence electrons. The SMILES string of the molecule is C=C(C)[C@H]1CC[C@H](C)C[C@]1(O[Si](C)(C)C)C(=C)c1ccccc1. The molecule has 1 aromatic carbocycles. The molecule has 1 nitrogen and oxygen atoms in total. The summed E-state index contributed by atoms with van der Waals surface area (Å²) >= 11 is 0. The van der Waals surface area contributed by atoms with Gasteiger partial charge in [0.2, 0.25) is 0 Å². The molecule has 3 atom stereocenters. The topological polar surface area (TPSA) is 9.23 Å². The van der Waals surface area contributed by atoms with Crippen LogP contribution in [0, 0.1) is 11.8 Å². The van der Waals surface area contributed by atoms with Gasteiger partial charge in [-0.25, -0.2) is 0 Å². The van der Waals surface area contributed by atoms with Crippen LogP contribution in [-0.2, 0) is 4.43 Å². The molecule has 0 bridgehead atoms. The van der Waals surface area contributed by atoms with Gasteiger partial charge in [-0.15, -0.1) is 0 Å². The number of hydrogen-bond donors (Lipinski definition) is 0. The molecule has 1 saturated carbocycles. The second-order valence-electron chi connectivity index (χ2n) is 8.23. The van der Waals surface area contributed by atoms with Crippen LogP contribution >= 0.6 is 0 Å². The van der Waals surface area contributed by atoms with E-state index in [1.165, 1.54) is 17.6 Å². The Bertz CT molecular complexity index is 569. The van der Waals surface area contributed by atoms with Crippen LogP contribution in [0.3, 0.4) is 0 Å². The molecule has 1 aromatic rings. The van der Waals surface area contributed by atoms with Crippen molar-refractivity contribution in [1.29, 1.82) is 0 Å². The van der Waals surface area contributed by atoms with Crippen molar-refractivity contribution >= 4 is 13.9 Å². The van der Waals surface area contributed by atoms with Crippen LogP contribution in [-0.4, -0.2) is 13.9 Å². The highest BCUT2D eigenvalue weighted by atomic mass is 28.4. The van der Waals surface area contributed by atoms with Crippen molar-refractivity contribution in [3.8, 4) is 0 Å². The van der Waals surface area contributed by atoms with E-state index < -0.39 is 8.32 Å². The van der Waals surface area contributed by atoms with Gasteiger partial charge in [-0.2, -0.15) is 0 Å². The van der Waals surface area contributed by atoms with E-state index in [0.29, 0.717) is 11.8 Å². The van der Waals surface area contributed by atoms with Gasteiger partial charge < -0.3 is 4.43 Å². The lowest BCUT2D eigenvalue weighted by atomic mass is 9.65. The predicted octanol–water partition coefficient (Wildman–Crippen LogP) is 6.30. The molecule has 1 fully saturated rings. The molecule has 0 saturated heterocycles. The number of rotatable bonds is 5. The highest BCUT2D eigenvalue weighted by Crippen LogP contribution is 2.50. The Kier molecular flexibility index (Phi) is 5.37. The van der Waals surface area contributed by atoms with Crippen molar-refractivity contribution in [3.63, 3.8) is 0 Å². The minimum atomic E-state index is -1.73.